The fraction of sp³-hybridized carbons (Fsp3) is 0.316. The maximum absolute atomic E-state index is 11.5. The van der Waals surface area contributed by atoms with E-state index in [9.17, 15) is 14.4 Å². The Hall–Kier alpha value is -3.36. The fourth-order valence-corrected chi connectivity index (χ4v) is 2.33. The van der Waals surface area contributed by atoms with Gasteiger partial charge in [-0.2, -0.15) is 0 Å². The van der Waals surface area contributed by atoms with Crippen LogP contribution in [0, 0.1) is 0 Å². The SMILES string of the molecule is [B]C(=C)C(=O)OCCN(CCOC(=O)C([B])=C)c1cc(NC(C)=O)c(N)cc1OC. The van der Waals surface area contributed by atoms with E-state index in [1.807, 2.05) is 0 Å². The van der Waals surface area contributed by atoms with Crippen LogP contribution in [0.15, 0.2) is 36.2 Å². The summed E-state index contributed by atoms with van der Waals surface area (Å²) in [5.74, 6) is -1.41. The van der Waals surface area contributed by atoms with Crippen molar-refractivity contribution in [2.45, 2.75) is 6.92 Å². The zero-order valence-electron chi connectivity index (χ0n) is 17.0. The van der Waals surface area contributed by atoms with E-state index < -0.39 is 11.9 Å². The lowest BCUT2D eigenvalue weighted by Crippen LogP contribution is -2.33. The fourth-order valence-electron chi connectivity index (χ4n) is 2.33. The Morgan fingerprint density at radius 2 is 1.57 bits per heavy atom. The van der Waals surface area contributed by atoms with Crippen molar-refractivity contribution in [3.8, 4) is 5.75 Å². The van der Waals surface area contributed by atoms with E-state index in [4.69, 9.17) is 35.6 Å². The van der Waals surface area contributed by atoms with Gasteiger partial charge in [0.25, 0.3) is 0 Å². The maximum Gasteiger partial charge on any atom is 0.322 e. The molecule has 0 aliphatic rings. The highest BCUT2D eigenvalue weighted by Gasteiger charge is 2.17. The van der Waals surface area contributed by atoms with Crippen molar-refractivity contribution in [1.82, 2.24) is 0 Å². The number of carbonyl (C=O) groups excluding carboxylic acids is 3. The van der Waals surface area contributed by atoms with E-state index in [2.05, 4.69) is 18.5 Å². The first-order chi connectivity index (χ1) is 14.1. The van der Waals surface area contributed by atoms with Crippen LogP contribution in [-0.2, 0) is 23.9 Å². The quantitative estimate of drug-likeness (QED) is 0.234. The van der Waals surface area contributed by atoms with E-state index in [1.165, 1.54) is 20.1 Å². The molecule has 0 atom stereocenters. The number of carbonyl (C=O) groups is 3. The number of nitrogens with zero attached hydrogens (tertiary/aromatic N) is 1. The molecule has 1 rings (SSSR count). The highest BCUT2D eigenvalue weighted by molar-refractivity contribution is 6.35. The molecule has 11 heteroatoms. The summed E-state index contributed by atoms with van der Waals surface area (Å²) in [7, 11) is 12.0. The zero-order valence-corrected chi connectivity index (χ0v) is 17.0. The number of methoxy groups -OCH3 is 1. The van der Waals surface area contributed by atoms with E-state index in [0.29, 0.717) is 22.8 Å². The predicted molar refractivity (Wildman–Crippen MR) is 116 cm³/mol. The second kappa shape index (κ2) is 11.6. The summed E-state index contributed by atoms with van der Waals surface area (Å²) < 4.78 is 15.4. The number of hydrogen-bond donors (Lipinski definition) is 2. The highest BCUT2D eigenvalue weighted by atomic mass is 16.5. The molecular weight excluding hydrogens is 388 g/mol. The van der Waals surface area contributed by atoms with Crippen molar-refractivity contribution in [1.29, 1.82) is 0 Å². The summed E-state index contributed by atoms with van der Waals surface area (Å²) in [6.45, 7) is 8.24. The van der Waals surface area contributed by atoms with Gasteiger partial charge in [-0.15, -0.1) is 0 Å². The molecule has 1 amide bonds. The number of nitrogen functional groups attached to an aromatic ring is 1. The van der Waals surface area contributed by atoms with Gasteiger partial charge >= 0.3 is 11.9 Å². The molecule has 4 radical (unpaired) electrons. The van der Waals surface area contributed by atoms with Gasteiger partial charge in [-0.25, -0.2) is 9.59 Å². The van der Waals surface area contributed by atoms with Crippen LogP contribution in [0.4, 0.5) is 17.1 Å². The van der Waals surface area contributed by atoms with Gasteiger partial charge in [0.2, 0.25) is 5.91 Å². The van der Waals surface area contributed by atoms with Gasteiger partial charge < -0.3 is 30.2 Å². The molecule has 1 aromatic carbocycles. The van der Waals surface area contributed by atoms with Gasteiger partial charge in [0.05, 0.1) is 37.3 Å². The second-order valence-electron chi connectivity index (χ2n) is 6.10. The number of anilines is 3. The lowest BCUT2D eigenvalue weighted by Gasteiger charge is -2.27. The molecule has 0 heterocycles. The number of hydrogen-bond acceptors (Lipinski definition) is 8. The minimum absolute atomic E-state index is 0.0460. The Bertz CT molecular complexity index is 812. The van der Waals surface area contributed by atoms with Crippen LogP contribution in [0.25, 0.3) is 0 Å². The van der Waals surface area contributed by atoms with Crippen LogP contribution in [0.2, 0.25) is 0 Å². The summed E-state index contributed by atoms with van der Waals surface area (Å²) in [5, 5.41) is 2.63. The lowest BCUT2D eigenvalue weighted by molar-refractivity contribution is -0.138. The van der Waals surface area contributed by atoms with Crippen molar-refractivity contribution < 1.29 is 28.6 Å². The molecular formula is C19H23B2N3O6. The highest BCUT2D eigenvalue weighted by Crippen LogP contribution is 2.35. The number of benzene rings is 1. The number of rotatable bonds is 11. The Morgan fingerprint density at radius 3 is 1.97 bits per heavy atom. The third-order valence-electron chi connectivity index (χ3n) is 3.72. The third kappa shape index (κ3) is 7.57. The zero-order chi connectivity index (χ0) is 22.8. The number of esters is 2. The van der Waals surface area contributed by atoms with Crippen molar-refractivity contribution in [3.63, 3.8) is 0 Å². The molecule has 0 saturated carbocycles. The monoisotopic (exact) mass is 411 g/mol. The van der Waals surface area contributed by atoms with Crippen molar-refractivity contribution in [2.75, 3.05) is 49.4 Å². The first-order valence-corrected chi connectivity index (χ1v) is 8.79. The van der Waals surface area contributed by atoms with Gasteiger partial charge in [-0.05, 0) is 17.0 Å². The van der Waals surface area contributed by atoms with Crippen LogP contribution in [-0.4, -0.2) is 67.0 Å². The Labute approximate surface area is 178 Å². The van der Waals surface area contributed by atoms with Gasteiger partial charge in [-0.3, -0.25) is 4.79 Å². The van der Waals surface area contributed by atoms with E-state index in [-0.39, 0.29) is 43.2 Å². The molecule has 0 aliphatic carbocycles. The average Bonchev–Trinajstić information content (AvgIpc) is 2.67. The molecule has 0 aromatic heterocycles. The molecule has 0 saturated heterocycles. The Morgan fingerprint density at radius 1 is 1.07 bits per heavy atom. The maximum atomic E-state index is 11.5. The van der Waals surface area contributed by atoms with E-state index >= 15 is 0 Å². The molecule has 0 unspecified atom stereocenters. The van der Waals surface area contributed by atoms with Crippen molar-refractivity contribution in [2.24, 2.45) is 0 Å². The molecule has 0 bridgehead atoms. The van der Waals surface area contributed by atoms with Crippen LogP contribution < -0.4 is 20.7 Å². The predicted octanol–water partition coefficient (Wildman–Crippen LogP) is 0.493. The lowest BCUT2D eigenvalue weighted by atomic mass is 9.99. The summed E-state index contributed by atoms with van der Waals surface area (Å²) >= 11 is 0. The smallest absolute Gasteiger partial charge is 0.322 e. The third-order valence-corrected chi connectivity index (χ3v) is 3.72. The number of nitrogens with one attached hydrogen (secondary N) is 1. The molecule has 0 spiro atoms. The summed E-state index contributed by atoms with van der Waals surface area (Å²) in [6, 6.07) is 3.14. The normalized spacial score (nSPS) is 9.93. The summed E-state index contributed by atoms with van der Waals surface area (Å²) in [5.41, 5.74) is 6.68. The summed E-state index contributed by atoms with van der Waals surface area (Å²) in [6.07, 6.45) is 0. The molecule has 156 valence electrons. The van der Waals surface area contributed by atoms with Gasteiger partial charge in [0.1, 0.15) is 34.7 Å². The molecule has 3 N–H and O–H groups in total. The van der Waals surface area contributed by atoms with Crippen LogP contribution in [0.3, 0.4) is 0 Å². The van der Waals surface area contributed by atoms with Gasteiger partial charge in [0, 0.05) is 13.0 Å². The molecule has 9 nitrogen and oxygen atoms in total. The van der Waals surface area contributed by atoms with E-state index in [0.717, 1.165) is 0 Å². The summed E-state index contributed by atoms with van der Waals surface area (Å²) in [4.78, 5) is 36.2. The van der Waals surface area contributed by atoms with Crippen LogP contribution in [0.1, 0.15) is 6.92 Å². The number of ether oxygens (including phenoxy) is 3. The molecule has 0 aliphatic heterocycles. The Balaban J connectivity index is 3.12. The molecule has 30 heavy (non-hydrogen) atoms. The second-order valence-corrected chi connectivity index (χ2v) is 6.10. The van der Waals surface area contributed by atoms with Gasteiger partial charge in [-0.1, -0.05) is 13.2 Å². The minimum atomic E-state index is -0.746. The minimum Gasteiger partial charge on any atom is -0.495 e. The topological polar surface area (TPSA) is 120 Å². The molecule has 1 aromatic rings. The van der Waals surface area contributed by atoms with Crippen molar-refractivity contribution >= 4 is 50.6 Å². The largest absolute Gasteiger partial charge is 0.495 e. The van der Waals surface area contributed by atoms with Crippen LogP contribution >= 0.6 is 0 Å². The average molecular weight is 411 g/mol. The first kappa shape index (κ1) is 24.7. The van der Waals surface area contributed by atoms with Crippen molar-refractivity contribution in [3.05, 3.63) is 36.2 Å². The Kier molecular flexibility index (Phi) is 9.54. The first-order valence-electron chi connectivity index (χ1n) is 8.79. The standard InChI is InChI=1S/C19H23B2N3O6/c1-11(20)18(26)29-7-5-24(6-8-30-19(27)12(2)21)16-10-15(23-13(3)25)14(22)9-17(16)28-4/h9-10H,1-2,5-8,22H2,3-4H3,(H,23,25). The molecule has 0 fully saturated rings. The van der Waals surface area contributed by atoms with E-state index in [1.54, 1.807) is 11.0 Å². The van der Waals surface area contributed by atoms with Crippen LogP contribution in [0.5, 0.6) is 5.75 Å². The van der Waals surface area contributed by atoms with Gasteiger partial charge in [0.15, 0.2) is 0 Å². The number of amides is 1. The number of nitrogens with two attached hydrogens (primary N) is 1.